The van der Waals surface area contributed by atoms with Gasteiger partial charge in [-0.15, -0.1) is 0 Å². The third kappa shape index (κ3) is 7.53. The summed E-state index contributed by atoms with van der Waals surface area (Å²) >= 11 is 0. The molecule has 3 N–H and O–H groups in total. The number of para-hydroxylation sites is 1. The zero-order valence-electron chi connectivity index (χ0n) is 25.2. The van der Waals surface area contributed by atoms with E-state index in [1.807, 2.05) is 0 Å². The molecule has 6 atom stereocenters. The van der Waals surface area contributed by atoms with Crippen molar-refractivity contribution in [2.24, 2.45) is 0 Å². The van der Waals surface area contributed by atoms with Gasteiger partial charge in [-0.05, 0) is 52.0 Å². The molecule has 3 aromatic rings. The minimum Gasteiger partial charge on any atom is -0.462 e. The van der Waals surface area contributed by atoms with E-state index in [0.717, 1.165) is 0 Å². The van der Waals surface area contributed by atoms with Gasteiger partial charge >= 0.3 is 25.7 Å². The number of hydrogen-bond acceptors (Lipinski definition) is 13. The van der Waals surface area contributed by atoms with E-state index in [4.69, 9.17) is 33.7 Å². The average Bonchev–Trinajstić information content (AvgIpc) is 3.48. The number of esters is 3. The van der Waals surface area contributed by atoms with Gasteiger partial charge in [-0.2, -0.15) is 10.2 Å². The van der Waals surface area contributed by atoms with E-state index in [1.54, 1.807) is 63.2 Å². The minimum absolute atomic E-state index is 0.189. The third-order valence-electron chi connectivity index (χ3n) is 6.54. The Morgan fingerprint density at radius 2 is 1.77 bits per heavy atom. The van der Waals surface area contributed by atoms with Crippen LogP contribution in [-0.4, -0.2) is 69.1 Å². The van der Waals surface area contributed by atoms with Crippen molar-refractivity contribution < 1.29 is 46.9 Å². The van der Waals surface area contributed by atoms with Gasteiger partial charge in [0.15, 0.2) is 18.0 Å². The fraction of sp³-hybridized carbons (Fsp3) is 0.464. The maximum atomic E-state index is 14.1. The summed E-state index contributed by atoms with van der Waals surface area (Å²) in [5, 5.41) is 6.85. The van der Waals surface area contributed by atoms with Crippen molar-refractivity contribution in [3.8, 4) is 5.75 Å². The van der Waals surface area contributed by atoms with Crippen LogP contribution in [0.1, 0.15) is 53.3 Å². The number of rotatable bonds is 12. The van der Waals surface area contributed by atoms with Gasteiger partial charge in [0, 0.05) is 13.8 Å². The molecule has 1 fully saturated rings. The molecule has 15 nitrogen and oxygen atoms in total. The zero-order valence-corrected chi connectivity index (χ0v) is 26.1. The summed E-state index contributed by atoms with van der Waals surface area (Å²) < 4.78 is 50.2. The summed E-state index contributed by atoms with van der Waals surface area (Å²) in [4.78, 5) is 41.1. The zero-order chi connectivity index (χ0) is 32.2. The first-order valence-corrected chi connectivity index (χ1v) is 15.3. The lowest BCUT2D eigenvalue weighted by Crippen LogP contribution is -2.48. The van der Waals surface area contributed by atoms with Gasteiger partial charge in [0.05, 0.1) is 18.4 Å². The number of benzene rings is 1. The fourth-order valence-corrected chi connectivity index (χ4v) is 6.28. The van der Waals surface area contributed by atoms with Crippen molar-refractivity contribution in [2.75, 3.05) is 12.3 Å². The van der Waals surface area contributed by atoms with Gasteiger partial charge < -0.3 is 29.2 Å². The Labute approximate surface area is 253 Å². The van der Waals surface area contributed by atoms with E-state index >= 15 is 0 Å². The molecule has 238 valence electrons. The lowest BCUT2D eigenvalue weighted by atomic mass is 9.96. The molecule has 1 saturated heterocycles. The Bertz CT molecular complexity index is 1550. The van der Waals surface area contributed by atoms with E-state index in [-0.39, 0.29) is 11.6 Å². The van der Waals surface area contributed by atoms with Crippen molar-refractivity contribution >= 4 is 37.0 Å². The van der Waals surface area contributed by atoms with Gasteiger partial charge in [0.2, 0.25) is 0 Å². The average molecular weight is 634 g/mol. The Morgan fingerprint density at radius 3 is 2.41 bits per heavy atom. The second-order valence-electron chi connectivity index (χ2n) is 10.7. The topological polar surface area (TPSA) is 192 Å². The molecule has 4 rings (SSSR count). The quantitative estimate of drug-likeness (QED) is 0.168. The standard InChI is InChI=1S/C28H36N5O10P/c1-16(2)39-27(36)17(3)32-44(37,43-20-10-8-7-9-11-20)38-14-28(6)25(41-19(5)35)24(40-18(4)34)23(42-28)21-12-13-22-26(29)30-15-31-33(21)22/h7-13,15-17,23-25H,14H2,1-6H3,(H,32,37)(H2,29,30,31)/t17-,23-,24-,25-,28+,44-/m0/s1. The largest absolute Gasteiger partial charge is 0.462 e. The van der Waals surface area contributed by atoms with E-state index < -0.39 is 68.3 Å². The first-order valence-electron chi connectivity index (χ1n) is 13.8. The summed E-state index contributed by atoms with van der Waals surface area (Å²) in [6.07, 6.45) is -2.63. The number of hydrogen-bond donors (Lipinski definition) is 2. The van der Waals surface area contributed by atoms with Crippen LogP contribution in [0.15, 0.2) is 48.8 Å². The van der Waals surface area contributed by atoms with E-state index in [1.165, 1.54) is 31.6 Å². The lowest BCUT2D eigenvalue weighted by Gasteiger charge is -2.32. The molecule has 1 aliphatic heterocycles. The summed E-state index contributed by atoms with van der Waals surface area (Å²) in [7, 11) is -4.34. The maximum absolute atomic E-state index is 14.1. The summed E-state index contributed by atoms with van der Waals surface area (Å²) in [5.74, 6) is -1.65. The second-order valence-corrected chi connectivity index (χ2v) is 12.4. The number of ether oxygens (including phenoxy) is 4. The molecule has 0 spiro atoms. The van der Waals surface area contributed by atoms with E-state index in [2.05, 4.69) is 15.2 Å². The van der Waals surface area contributed by atoms with Crippen molar-refractivity contribution in [3.63, 3.8) is 0 Å². The summed E-state index contributed by atoms with van der Waals surface area (Å²) in [6, 6.07) is 10.4. The van der Waals surface area contributed by atoms with Crippen LogP contribution in [-0.2, 0) is 42.4 Å². The molecular weight excluding hydrogens is 597 g/mol. The van der Waals surface area contributed by atoms with Crippen LogP contribution in [0, 0.1) is 0 Å². The fourth-order valence-electron chi connectivity index (χ4n) is 4.70. The monoisotopic (exact) mass is 633 g/mol. The molecule has 0 unspecified atom stereocenters. The molecule has 16 heteroatoms. The van der Waals surface area contributed by atoms with Crippen molar-refractivity contribution in [3.05, 3.63) is 54.5 Å². The van der Waals surface area contributed by atoms with Crippen molar-refractivity contribution in [1.82, 2.24) is 19.7 Å². The van der Waals surface area contributed by atoms with Gasteiger partial charge in [-0.25, -0.2) is 14.1 Å². The van der Waals surface area contributed by atoms with Crippen LogP contribution in [0.5, 0.6) is 5.75 Å². The van der Waals surface area contributed by atoms with E-state index in [9.17, 15) is 18.9 Å². The SMILES string of the molecule is CC(=O)O[C@H]1[C@H](c2ccc3c(N)ncnn23)O[C@](C)(CO[P@@](=O)(N[C@@H](C)C(=O)OC(C)C)Oc2ccccc2)[C@H]1OC(C)=O. The molecule has 44 heavy (non-hydrogen) atoms. The molecule has 0 radical (unpaired) electrons. The summed E-state index contributed by atoms with van der Waals surface area (Å²) in [5.41, 5.74) is 5.31. The highest BCUT2D eigenvalue weighted by Crippen LogP contribution is 2.49. The van der Waals surface area contributed by atoms with Gasteiger partial charge in [0.25, 0.3) is 0 Å². The number of anilines is 1. The Balaban J connectivity index is 1.69. The number of nitrogens with zero attached hydrogens (tertiary/aromatic N) is 3. The summed E-state index contributed by atoms with van der Waals surface area (Å²) in [6.45, 7) is 8.23. The predicted octanol–water partition coefficient (Wildman–Crippen LogP) is 3.14. The first kappa shape index (κ1) is 32.9. The molecule has 3 heterocycles. The number of nitrogen functional groups attached to an aromatic ring is 1. The van der Waals surface area contributed by atoms with Gasteiger partial charge in [0.1, 0.15) is 35.3 Å². The van der Waals surface area contributed by atoms with Crippen LogP contribution < -0.4 is 15.3 Å². The highest BCUT2D eigenvalue weighted by atomic mass is 31.2. The third-order valence-corrected chi connectivity index (χ3v) is 8.16. The smallest absolute Gasteiger partial charge is 0.459 e. The molecule has 1 aliphatic rings. The van der Waals surface area contributed by atoms with Crippen LogP contribution >= 0.6 is 7.75 Å². The van der Waals surface area contributed by atoms with Crippen LogP contribution in [0.2, 0.25) is 0 Å². The number of aromatic nitrogens is 3. The van der Waals surface area contributed by atoms with Gasteiger partial charge in [-0.1, -0.05) is 18.2 Å². The Kier molecular flexibility index (Phi) is 9.94. The molecule has 0 bridgehead atoms. The number of fused-ring (bicyclic) bond motifs is 1. The Morgan fingerprint density at radius 1 is 1.09 bits per heavy atom. The second kappa shape index (κ2) is 13.3. The maximum Gasteiger partial charge on any atom is 0.459 e. The molecule has 1 aromatic carbocycles. The van der Waals surface area contributed by atoms with Crippen molar-refractivity contribution in [1.29, 1.82) is 0 Å². The normalized spacial score (nSPS) is 23.6. The van der Waals surface area contributed by atoms with E-state index in [0.29, 0.717) is 11.2 Å². The lowest BCUT2D eigenvalue weighted by molar-refractivity contribution is -0.169. The van der Waals surface area contributed by atoms with Crippen LogP contribution in [0.25, 0.3) is 5.52 Å². The molecular formula is C28H36N5O10P. The number of carbonyl (C=O) groups is 3. The number of carbonyl (C=O) groups excluding carboxylic acids is 3. The molecule has 0 aliphatic carbocycles. The minimum atomic E-state index is -4.34. The molecule has 0 amide bonds. The predicted molar refractivity (Wildman–Crippen MR) is 155 cm³/mol. The van der Waals surface area contributed by atoms with Gasteiger partial charge in [-0.3, -0.25) is 18.9 Å². The first-order chi connectivity index (χ1) is 20.7. The molecule has 0 saturated carbocycles. The number of nitrogens with two attached hydrogens (primary N) is 1. The van der Waals surface area contributed by atoms with Crippen LogP contribution in [0.4, 0.5) is 5.82 Å². The highest BCUT2D eigenvalue weighted by molar-refractivity contribution is 7.52. The van der Waals surface area contributed by atoms with Crippen LogP contribution in [0.3, 0.4) is 0 Å². The highest BCUT2D eigenvalue weighted by Gasteiger charge is 2.58. The number of nitrogens with one attached hydrogen (secondary N) is 1. The van der Waals surface area contributed by atoms with Crippen molar-refractivity contribution in [2.45, 2.75) is 77.6 Å². The Hall–Kier alpha value is -4.04. The molecule has 2 aromatic heterocycles.